The first-order chi connectivity index (χ1) is 7.11. The fraction of sp³-hybridized carbons (Fsp3) is 0.143. The molecule has 1 aromatic carbocycles. The van der Waals surface area contributed by atoms with Gasteiger partial charge in [-0.15, -0.1) is 13.2 Å². The Bertz CT molecular complexity index is 497. The second-order valence-corrected chi connectivity index (χ2v) is 4.23. The van der Waals surface area contributed by atoms with Gasteiger partial charge in [0.15, 0.2) is 11.5 Å². The van der Waals surface area contributed by atoms with E-state index in [2.05, 4.69) is 9.88 Å². The molecule has 5 nitrogen and oxygen atoms in total. The largest absolute Gasteiger partial charge is 0.573 e. The van der Waals surface area contributed by atoms with Crippen molar-refractivity contribution in [2.75, 3.05) is 0 Å². The Morgan fingerprint density at radius 1 is 1.31 bits per heavy atom. The van der Waals surface area contributed by atoms with E-state index < -0.39 is 32.8 Å². The number of ether oxygens (including phenoxy) is 1. The number of benzene rings is 1. The maximum Gasteiger partial charge on any atom is 0.573 e. The molecule has 0 heterocycles. The number of aromatic hydroxyl groups is 1. The smallest absolute Gasteiger partial charge is 0.504 e. The lowest BCUT2D eigenvalue weighted by Crippen LogP contribution is -2.21. The van der Waals surface area contributed by atoms with Crippen LogP contribution in [0.2, 0.25) is 0 Å². The Balaban J connectivity index is 3.36. The van der Waals surface area contributed by atoms with Crippen LogP contribution < -0.4 is 9.88 Å². The van der Waals surface area contributed by atoms with Crippen LogP contribution >= 0.6 is 0 Å². The van der Waals surface area contributed by atoms with Crippen LogP contribution in [0.15, 0.2) is 23.1 Å². The van der Waals surface area contributed by atoms with E-state index in [-0.39, 0.29) is 0 Å². The zero-order valence-corrected chi connectivity index (χ0v) is 8.34. The summed E-state index contributed by atoms with van der Waals surface area (Å²) in [5.41, 5.74) is 0. The fourth-order valence-electron chi connectivity index (χ4n) is 0.947. The second-order valence-electron chi connectivity index (χ2n) is 2.70. The van der Waals surface area contributed by atoms with Crippen molar-refractivity contribution < 1.29 is 31.4 Å². The van der Waals surface area contributed by atoms with E-state index in [9.17, 15) is 21.6 Å². The number of sulfonamides is 1. The summed E-state index contributed by atoms with van der Waals surface area (Å²) in [6, 6.07) is 2.66. The first-order valence-corrected chi connectivity index (χ1v) is 5.26. The molecule has 0 unspecified atom stereocenters. The van der Waals surface area contributed by atoms with Gasteiger partial charge in [0.1, 0.15) is 4.90 Å². The zero-order chi connectivity index (χ0) is 12.6. The normalized spacial score (nSPS) is 12.5. The highest BCUT2D eigenvalue weighted by atomic mass is 32.2. The number of hydrogen-bond donors (Lipinski definition) is 2. The number of para-hydroxylation sites is 1. The topological polar surface area (TPSA) is 89.6 Å². The Morgan fingerprint density at radius 2 is 1.88 bits per heavy atom. The van der Waals surface area contributed by atoms with Gasteiger partial charge in [0, 0.05) is 0 Å². The van der Waals surface area contributed by atoms with Crippen molar-refractivity contribution in [3.05, 3.63) is 18.2 Å². The third-order valence-corrected chi connectivity index (χ3v) is 2.42. The van der Waals surface area contributed by atoms with E-state index in [1.165, 1.54) is 0 Å². The number of nitrogens with two attached hydrogens (primary N) is 1. The van der Waals surface area contributed by atoms with Gasteiger partial charge in [-0.05, 0) is 12.1 Å². The van der Waals surface area contributed by atoms with E-state index in [1.54, 1.807) is 0 Å². The average molecular weight is 257 g/mol. The first kappa shape index (κ1) is 12.6. The standard InChI is InChI=1S/C7H6F3NO4S/c8-7(9,10)15-6-4(12)2-1-3-5(6)16(11,13)14/h1-3,12H,(H2,11,13,14). The summed E-state index contributed by atoms with van der Waals surface area (Å²) in [5.74, 6) is -2.21. The minimum atomic E-state index is -5.13. The highest BCUT2D eigenvalue weighted by Gasteiger charge is 2.35. The van der Waals surface area contributed by atoms with Crippen molar-refractivity contribution in [3.63, 3.8) is 0 Å². The summed E-state index contributed by atoms with van der Waals surface area (Å²) in [4.78, 5) is -0.940. The van der Waals surface area contributed by atoms with Crippen LogP contribution in [0.25, 0.3) is 0 Å². The van der Waals surface area contributed by atoms with Crippen molar-refractivity contribution in [1.82, 2.24) is 0 Å². The highest BCUT2D eigenvalue weighted by Crippen LogP contribution is 2.36. The Kier molecular flexibility index (Phi) is 3.01. The molecule has 90 valence electrons. The molecule has 16 heavy (non-hydrogen) atoms. The molecule has 1 aromatic rings. The summed E-state index contributed by atoms with van der Waals surface area (Å²) in [6.45, 7) is 0. The van der Waals surface area contributed by atoms with Gasteiger partial charge < -0.3 is 9.84 Å². The van der Waals surface area contributed by atoms with E-state index >= 15 is 0 Å². The number of alkyl halides is 3. The average Bonchev–Trinajstić information content (AvgIpc) is 2.04. The van der Waals surface area contributed by atoms with Crippen molar-refractivity contribution in [1.29, 1.82) is 0 Å². The molecule has 0 amide bonds. The lowest BCUT2D eigenvalue weighted by molar-refractivity contribution is -0.276. The van der Waals surface area contributed by atoms with Crippen LogP contribution in [0.4, 0.5) is 13.2 Å². The monoisotopic (exact) mass is 257 g/mol. The minimum Gasteiger partial charge on any atom is -0.504 e. The van der Waals surface area contributed by atoms with Crippen LogP contribution in [0.3, 0.4) is 0 Å². The first-order valence-electron chi connectivity index (χ1n) is 3.72. The van der Waals surface area contributed by atoms with Crippen molar-refractivity contribution in [2.45, 2.75) is 11.3 Å². The molecule has 0 aromatic heterocycles. The van der Waals surface area contributed by atoms with Gasteiger partial charge in [-0.25, -0.2) is 13.6 Å². The molecule has 0 fully saturated rings. The number of halogens is 3. The summed E-state index contributed by atoms with van der Waals surface area (Å²) in [7, 11) is -4.41. The van der Waals surface area contributed by atoms with Gasteiger partial charge in [0.2, 0.25) is 10.0 Å². The third-order valence-electron chi connectivity index (χ3n) is 1.48. The van der Waals surface area contributed by atoms with Crippen molar-refractivity contribution in [2.24, 2.45) is 5.14 Å². The molecule has 0 aliphatic carbocycles. The van der Waals surface area contributed by atoms with Gasteiger partial charge in [-0.3, -0.25) is 0 Å². The fourth-order valence-corrected chi connectivity index (χ4v) is 1.62. The summed E-state index contributed by atoms with van der Waals surface area (Å²) < 4.78 is 61.0. The Labute approximate surface area is 88.3 Å². The van der Waals surface area contributed by atoms with Gasteiger partial charge in [0.25, 0.3) is 0 Å². The molecular weight excluding hydrogens is 251 g/mol. The summed E-state index contributed by atoms with van der Waals surface area (Å²) in [6.07, 6.45) is -5.13. The maximum absolute atomic E-state index is 11.9. The molecular formula is C7H6F3NO4S. The van der Waals surface area contributed by atoms with Crippen LogP contribution in [0.5, 0.6) is 11.5 Å². The van der Waals surface area contributed by atoms with E-state index in [0.29, 0.717) is 0 Å². The van der Waals surface area contributed by atoms with E-state index in [4.69, 9.17) is 5.11 Å². The lowest BCUT2D eigenvalue weighted by atomic mass is 10.3. The van der Waals surface area contributed by atoms with Crippen molar-refractivity contribution in [3.8, 4) is 11.5 Å². The second kappa shape index (κ2) is 3.83. The number of rotatable bonds is 2. The molecule has 0 radical (unpaired) electrons. The van der Waals surface area contributed by atoms with Gasteiger partial charge in [-0.1, -0.05) is 6.07 Å². The number of phenols is 1. The predicted octanol–water partition coefficient (Wildman–Crippen LogP) is 0.938. The zero-order valence-electron chi connectivity index (χ0n) is 7.52. The molecule has 0 atom stereocenters. The minimum absolute atomic E-state index is 0.788. The predicted molar refractivity (Wildman–Crippen MR) is 46.2 cm³/mol. The van der Waals surface area contributed by atoms with Crippen molar-refractivity contribution >= 4 is 10.0 Å². The number of primary sulfonamides is 1. The van der Waals surface area contributed by atoms with Crippen LogP contribution in [0, 0.1) is 0 Å². The van der Waals surface area contributed by atoms with Crippen LogP contribution in [-0.2, 0) is 10.0 Å². The molecule has 0 saturated heterocycles. The van der Waals surface area contributed by atoms with Crippen LogP contribution in [-0.4, -0.2) is 19.9 Å². The maximum atomic E-state index is 11.9. The quantitative estimate of drug-likeness (QED) is 0.825. The SMILES string of the molecule is NS(=O)(=O)c1cccc(O)c1OC(F)(F)F. The van der Waals surface area contributed by atoms with Crippen LogP contribution in [0.1, 0.15) is 0 Å². The highest BCUT2D eigenvalue weighted by molar-refractivity contribution is 7.89. The summed E-state index contributed by atoms with van der Waals surface area (Å²) >= 11 is 0. The molecule has 1 rings (SSSR count). The van der Waals surface area contributed by atoms with E-state index in [1.807, 2.05) is 0 Å². The lowest BCUT2D eigenvalue weighted by Gasteiger charge is -2.12. The Hall–Kier alpha value is -1.48. The molecule has 3 N–H and O–H groups in total. The molecule has 9 heteroatoms. The Morgan fingerprint density at radius 3 is 2.31 bits per heavy atom. The van der Waals surface area contributed by atoms with Gasteiger partial charge >= 0.3 is 6.36 Å². The van der Waals surface area contributed by atoms with Gasteiger partial charge in [0.05, 0.1) is 0 Å². The molecule has 0 spiro atoms. The number of hydrogen-bond acceptors (Lipinski definition) is 4. The van der Waals surface area contributed by atoms with E-state index in [0.717, 1.165) is 18.2 Å². The molecule has 0 aliphatic heterocycles. The van der Waals surface area contributed by atoms with Gasteiger partial charge in [-0.2, -0.15) is 0 Å². The third kappa shape index (κ3) is 3.00. The molecule has 0 bridgehead atoms. The summed E-state index contributed by atoms with van der Waals surface area (Å²) in [5, 5.41) is 13.7. The molecule has 0 saturated carbocycles. The molecule has 0 aliphatic rings. The number of phenolic OH excluding ortho intramolecular Hbond substituents is 1.